The monoisotopic (exact) mass is 292 g/mol. The van der Waals surface area contributed by atoms with Crippen molar-refractivity contribution in [3.05, 3.63) is 11.9 Å². The molecule has 0 radical (unpaired) electrons. The fraction of sp³-hybridized carbons (Fsp3) is 0.750. The molecule has 2 rings (SSSR count). The van der Waals surface area contributed by atoms with Gasteiger partial charge in [0.05, 0.1) is 6.10 Å². The summed E-state index contributed by atoms with van der Waals surface area (Å²) in [5.74, 6) is 2.37. The molecule has 2 heterocycles. The molecule has 1 N–H and O–H groups in total. The van der Waals surface area contributed by atoms with E-state index in [-0.39, 0.29) is 0 Å². The first-order valence-corrected chi connectivity index (χ1v) is 8.05. The molecule has 21 heavy (non-hydrogen) atoms. The minimum atomic E-state index is 0.331. The summed E-state index contributed by atoms with van der Waals surface area (Å²) in [5, 5.41) is 3.42. The molecule has 1 atom stereocenters. The number of ether oxygens (including phenoxy) is 1. The van der Waals surface area contributed by atoms with Gasteiger partial charge in [-0.2, -0.15) is 0 Å². The van der Waals surface area contributed by atoms with Gasteiger partial charge >= 0.3 is 0 Å². The van der Waals surface area contributed by atoms with E-state index < -0.39 is 0 Å². The predicted molar refractivity (Wildman–Crippen MR) is 87.1 cm³/mol. The standard InChI is InChI=1S/C16H28N4O/c1-5-8-17-15-14(12(2)3)16(19-11-18-15)20(4)10-13-7-6-9-21-13/h11-13H,5-10H2,1-4H3,(H,17,18,19). The maximum Gasteiger partial charge on any atom is 0.137 e. The van der Waals surface area contributed by atoms with Gasteiger partial charge in [-0.15, -0.1) is 0 Å². The highest BCUT2D eigenvalue weighted by molar-refractivity contribution is 5.60. The van der Waals surface area contributed by atoms with Crippen LogP contribution < -0.4 is 10.2 Å². The molecule has 0 aromatic carbocycles. The van der Waals surface area contributed by atoms with Crippen LogP contribution >= 0.6 is 0 Å². The van der Waals surface area contributed by atoms with Crippen molar-refractivity contribution in [2.45, 2.75) is 52.1 Å². The van der Waals surface area contributed by atoms with Crippen molar-refractivity contribution >= 4 is 11.6 Å². The number of nitrogens with one attached hydrogen (secondary N) is 1. The Morgan fingerprint density at radius 1 is 1.43 bits per heavy atom. The average Bonchev–Trinajstić information content (AvgIpc) is 2.97. The summed E-state index contributed by atoms with van der Waals surface area (Å²) >= 11 is 0. The minimum Gasteiger partial charge on any atom is -0.376 e. The molecular weight excluding hydrogens is 264 g/mol. The molecule has 0 amide bonds. The predicted octanol–water partition coefficient (Wildman–Crippen LogP) is 3.04. The maximum absolute atomic E-state index is 5.74. The van der Waals surface area contributed by atoms with Gasteiger partial charge in [0.1, 0.15) is 18.0 Å². The van der Waals surface area contributed by atoms with Crippen molar-refractivity contribution in [2.75, 3.05) is 37.0 Å². The van der Waals surface area contributed by atoms with Crippen LogP contribution in [0.3, 0.4) is 0 Å². The van der Waals surface area contributed by atoms with Crippen molar-refractivity contribution in [2.24, 2.45) is 0 Å². The van der Waals surface area contributed by atoms with Crippen LogP contribution in [0.25, 0.3) is 0 Å². The first kappa shape index (κ1) is 16.0. The van der Waals surface area contributed by atoms with E-state index in [4.69, 9.17) is 4.74 Å². The number of nitrogens with zero attached hydrogens (tertiary/aromatic N) is 3. The van der Waals surface area contributed by atoms with Crippen LogP contribution in [0.4, 0.5) is 11.6 Å². The lowest BCUT2D eigenvalue weighted by atomic mass is 10.0. The van der Waals surface area contributed by atoms with E-state index in [9.17, 15) is 0 Å². The smallest absolute Gasteiger partial charge is 0.137 e. The van der Waals surface area contributed by atoms with Crippen molar-refractivity contribution in [3.8, 4) is 0 Å². The van der Waals surface area contributed by atoms with Crippen LogP contribution in [0.2, 0.25) is 0 Å². The molecule has 1 unspecified atom stereocenters. The van der Waals surface area contributed by atoms with E-state index in [1.807, 2.05) is 0 Å². The van der Waals surface area contributed by atoms with Gasteiger partial charge in [0, 0.05) is 32.3 Å². The number of hydrogen-bond acceptors (Lipinski definition) is 5. The van der Waals surface area contributed by atoms with Gasteiger partial charge in [0.25, 0.3) is 0 Å². The number of anilines is 2. The van der Waals surface area contributed by atoms with Crippen LogP contribution in [-0.4, -0.2) is 42.8 Å². The molecule has 1 aliphatic rings. The Morgan fingerprint density at radius 3 is 2.86 bits per heavy atom. The zero-order valence-electron chi connectivity index (χ0n) is 13.7. The second-order valence-corrected chi connectivity index (χ2v) is 6.06. The van der Waals surface area contributed by atoms with Crippen molar-refractivity contribution in [1.82, 2.24) is 9.97 Å². The minimum absolute atomic E-state index is 0.331. The lowest BCUT2D eigenvalue weighted by Crippen LogP contribution is -2.30. The molecule has 1 aliphatic heterocycles. The van der Waals surface area contributed by atoms with Gasteiger partial charge in [-0.25, -0.2) is 9.97 Å². The number of likely N-dealkylation sites (N-methyl/N-ethyl adjacent to an activating group) is 1. The molecule has 118 valence electrons. The summed E-state index contributed by atoms with van der Waals surface area (Å²) in [5.41, 5.74) is 1.20. The Bertz CT molecular complexity index is 444. The third-order valence-corrected chi connectivity index (χ3v) is 3.85. The number of hydrogen-bond donors (Lipinski definition) is 1. The Balaban J connectivity index is 2.19. The second-order valence-electron chi connectivity index (χ2n) is 6.06. The van der Waals surface area contributed by atoms with Gasteiger partial charge in [0.2, 0.25) is 0 Å². The van der Waals surface area contributed by atoms with Crippen molar-refractivity contribution in [1.29, 1.82) is 0 Å². The SMILES string of the molecule is CCCNc1ncnc(N(C)CC2CCCO2)c1C(C)C. The fourth-order valence-corrected chi connectivity index (χ4v) is 2.79. The quantitative estimate of drug-likeness (QED) is 0.837. The zero-order valence-corrected chi connectivity index (χ0v) is 13.7. The highest BCUT2D eigenvalue weighted by Gasteiger charge is 2.22. The van der Waals surface area contributed by atoms with Crippen LogP contribution in [0.5, 0.6) is 0 Å². The van der Waals surface area contributed by atoms with E-state index in [2.05, 4.69) is 48.0 Å². The third-order valence-electron chi connectivity index (χ3n) is 3.85. The average molecular weight is 292 g/mol. The van der Waals surface area contributed by atoms with Gasteiger partial charge in [-0.05, 0) is 25.2 Å². The number of rotatable bonds is 7. The highest BCUT2D eigenvalue weighted by Crippen LogP contribution is 2.30. The molecular formula is C16H28N4O. The van der Waals surface area contributed by atoms with Gasteiger partial charge in [-0.1, -0.05) is 20.8 Å². The molecule has 0 aliphatic carbocycles. The largest absolute Gasteiger partial charge is 0.376 e. The third kappa shape index (κ3) is 4.06. The molecule has 5 heteroatoms. The van der Waals surface area contributed by atoms with E-state index in [0.717, 1.165) is 44.2 Å². The fourth-order valence-electron chi connectivity index (χ4n) is 2.79. The first-order chi connectivity index (χ1) is 10.1. The van der Waals surface area contributed by atoms with Crippen LogP contribution in [-0.2, 0) is 4.74 Å². The van der Waals surface area contributed by atoms with Crippen LogP contribution in [0, 0.1) is 0 Å². The molecule has 5 nitrogen and oxygen atoms in total. The molecule has 0 bridgehead atoms. The molecule has 0 spiro atoms. The summed E-state index contributed by atoms with van der Waals surface area (Å²) in [6.45, 7) is 9.27. The van der Waals surface area contributed by atoms with E-state index >= 15 is 0 Å². The summed E-state index contributed by atoms with van der Waals surface area (Å²) in [7, 11) is 2.10. The highest BCUT2D eigenvalue weighted by atomic mass is 16.5. The zero-order chi connectivity index (χ0) is 15.2. The number of aromatic nitrogens is 2. The lowest BCUT2D eigenvalue weighted by Gasteiger charge is -2.26. The molecule has 1 aromatic heterocycles. The van der Waals surface area contributed by atoms with Crippen molar-refractivity contribution < 1.29 is 4.74 Å². The summed E-state index contributed by atoms with van der Waals surface area (Å²) in [6, 6.07) is 0. The van der Waals surface area contributed by atoms with E-state index in [1.165, 1.54) is 12.0 Å². The lowest BCUT2D eigenvalue weighted by molar-refractivity contribution is 0.116. The molecule has 1 saturated heterocycles. The molecule has 1 fully saturated rings. The normalized spacial score (nSPS) is 18.2. The molecule has 1 aromatic rings. The Hall–Kier alpha value is -1.36. The maximum atomic E-state index is 5.74. The molecule has 0 saturated carbocycles. The van der Waals surface area contributed by atoms with E-state index in [1.54, 1.807) is 6.33 Å². The summed E-state index contributed by atoms with van der Waals surface area (Å²) < 4.78 is 5.74. The van der Waals surface area contributed by atoms with Crippen LogP contribution in [0.1, 0.15) is 51.5 Å². The van der Waals surface area contributed by atoms with Gasteiger partial charge in [0.15, 0.2) is 0 Å². The first-order valence-electron chi connectivity index (χ1n) is 8.05. The van der Waals surface area contributed by atoms with Crippen LogP contribution in [0.15, 0.2) is 6.33 Å². The second kappa shape index (κ2) is 7.59. The summed E-state index contributed by atoms with van der Waals surface area (Å²) in [6.07, 6.45) is 5.39. The Morgan fingerprint density at radius 2 is 2.24 bits per heavy atom. The summed E-state index contributed by atoms with van der Waals surface area (Å²) in [4.78, 5) is 11.2. The Kier molecular flexibility index (Phi) is 5.79. The Labute approximate surface area is 128 Å². The van der Waals surface area contributed by atoms with Gasteiger partial charge in [-0.3, -0.25) is 0 Å². The van der Waals surface area contributed by atoms with Crippen molar-refractivity contribution in [3.63, 3.8) is 0 Å². The van der Waals surface area contributed by atoms with Gasteiger partial charge < -0.3 is 15.0 Å². The van der Waals surface area contributed by atoms with E-state index in [0.29, 0.717) is 12.0 Å². The topological polar surface area (TPSA) is 50.3 Å².